The van der Waals surface area contributed by atoms with Crippen LogP contribution in [0.15, 0.2) is 11.1 Å². The molecule has 1 fully saturated rings. The van der Waals surface area contributed by atoms with Gasteiger partial charge in [0.05, 0.1) is 18.0 Å². The Bertz CT molecular complexity index is 1070. The van der Waals surface area contributed by atoms with E-state index in [0.717, 1.165) is 0 Å². The van der Waals surface area contributed by atoms with E-state index in [-0.39, 0.29) is 22.5 Å². The molecule has 2 aromatic heterocycles. The number of nitrogens with one attached hydrogen (secondary N) is 1. The number of phosphoric acid groups is 1. The zero-order valence-corrected chi connectivity index (χ0v) is 20.3. The number of hydrogen-bond acceptors (Lipinski definition) is 9. The number of rotatable bonds is 6. The number of aromatic amines is 1. The van der Waals surface area contributed by atoms with Gasteiger partial charge in [-0.05, 0) is 32.6 Å². The number of nitrogens with zero attached hydrogens (tertiary/aromatic N) is 3. The summed E-state index contributed by atoms with van der Waals surface area (Å²) in [4.78, 5) is 33.3. The van der Waals surface area contributed by atoms with E-state index < -0.39 is 43.5 Å². The van der Waals surface area contributed by atoms with Crippen molar-refractivity contribution in [2.45, 2.75) is 78.1 Å². The van der Waals surface area contributed by atoms with Crippen molar-refractivity contribution in [1.82, 2.24) is 19.5 Å². The minimum absolute atomic E-state index is 0.0753. The maximum absolute atomic E-state index is 12.8. The van der Waals surface area contributed by atoms with E-state index in [0.29, 0.717) is 6.42 Å². The number of aromatic nitrogens is 4. The predicted molar refractivity (Wildman–Crippen MR) is 117 cm³/mol. The largest absolute Gasteiger partial charge is 0.473 e. The van der Waals surface area contributed by atoms with Crippen LogP contribution in [0.5, 0.6) is 0 Å². The molecule has 12 nitrogen and oxygen atoms in total. The first-order valence-corrected chi connectivity index (χ1v) is 11.7. The Balaban J connectivity index is 2.02. The zero-order valence-electron chi connectivity index (χ0n) is 19.4. The van der Waals surface area contributed by atoms with E-state index in [4.69, 9.17) is 24.3 Å². The van der Waals surface area contributed by atoms with Crippen LogP contribution in [0.4, 0.5) is 5.95 Å². The molecule has 3 unspecified atom stereocenters. The number of nitrogens with two attached hydrogens (primary N) is 1. The average molecular weight is 473 g/mol. The topological polar surface area (TPSA) is 164 Å². The molecule has 0 aliphatic carbocycles. The third-order valence-corrected chi connectivity index (χ3v) is 6.03. The lowest BCUT2D eigenvalue weighted by Crippen LogP contribution is -2.37. The van der Waals surface area contributed by atoms with Crippen molar-refractivity contribution in [3.8, 4) is 0 Å². The van der Waals surface area contributed by atoms with Gasteiger partial charge in [0.1, 0.15) is 12.2 Å². The third-order valence-electron chi connectivity index (χ3n) is 4.74. The second kappa shape index (κ2) is 8.51. The number of methoxy groups -OCH3 is 1. The summed E-state index contributed by atoms with van der Waals surface area (Å²) in [5, 5.41) is 0. The molecule has 1 aliphatic rings. The van der Waals surface area contributed by atoms with Gasteiger partial charge in [0, 0.05) is 7.11 Å². The molecule has 32 heavy (non-hydrogen) atoms. The Hall–Kier alpha value is -1.82. The van der Waals surface area contributed by atoms with Gasteiger partial charge < -0.3 is 20.1 Å². The number of imidazole rings is 1. The highest BCUT2D eigenvalue weighted by Gasteiger charge is 2.51. The molecule has 3 rings (SSSR count). The van der Waals surface area contributed by atoms with Crippen LogP contribution in [-0.2, 0) is 23.1 Å². The second-order valence-electron chi connectivity index (χ2n) is 10.0. The molecule has 0 bridgehead atoms. The van der Waals surface area contributed by atoms with Gasteiger partial charge in [-0.2, -0.15) is 4.98 Å². The minimum Gasteiger partial charge on any atom is -0.374 e. The van der Waals surface area contributed by atoms with Crippen LogP contribution in [0.3, 0.4) is 0 Å². The maximum atomic E-state index is 12.8. The molecule has 0 aromatic carbocycles. The van der Waals surface area contributed by atoms with E-state index >= 15 is 0 Å². The number of nitrogen functional groups attached to an aromatic ring is 1. The summed E-state index contributed by atoms with van der Waals surface area (Å²) in [5.41, 5.74) is 4.40. The fraction of sp³-hybridized carbons (Fsp3) is 0.737. The third kappa shape index (κ3) is 5.56. The van der Waals surface area contributed by atoms with E-state index in [1.54, 1.807) is 20.8 Å². The van der Waals surface area contributed by atoms with Gasteiger partial charge in [-0.25, -0.2) is 9.55 Å². The van der Waals surface area contributed by atoms with Gasteiger partial charge in [0.2, 0.25) is 5.95 Å². The minimum atomic E-state index is -4.46. The van der Waals surface area contributed by atoms with Gasteiger partial charge in [0.25, 0.3) is 5.56 Å². The van der Waals surface area contributed by atoms with Crippen LogP contribution in [0.25, 0.3) is 11.2 Å². The Morgan fingerprint density at radius 2 is 1.94 bits per heavy atom. The van der Waals surface area contributed by atoms with Crippen molar-refractivity contribution in [3.05, 3.63) is 16.7 Å². The molecular weight excluding hydrogens is 441 g/mol. The van der Waals surface area contributed by atoms with E-state index in [1.807, 2.05) is 20.8 Å². The summed E-state index contributed by atoms with van der Waals surface area (Å²) in [6.07, 6.45) is -1.35. The van der Waals surface area contributed by atoms with Crippen LogP contribution in [0, 0.1) is 5.41 Å². The predicted octanol–water partition coefficient (Wildman–Crippen LogP) is 2.35. The Kier molecular flexibility index (Phi) is 6.60. The van der Waals surface area contributed by atoms with Gasteiger partial charge in [-0.1, -0.05) is 20.8 Å². The van der Waals surface area contributed by atoms with Crippen LogP contribution in [-0.4, -0.2) is 55.4 Å². The molecule has 180 valence electrons. The smallest absolute Gasteiger partial charge is 0.374 e. The van der Waals surface area contributed by atoms with Crippen LogP contribution < -0.4 is 11.3 Å². The van der Waals surface area contributed by atoms with Crippen molar-refractivity contribution in [2.24, 2.45) is 5.41 Å². The number of anilines is 1. The number of H-pyrrole nitrogens is 1. The quantitative estimate of drug-likeness (QED) is 0.530. The first-order valence-electron chi connectivity index (χ1n) is 10.2. The molecule has 5 atom stereocenters. The zero-order chi connectivity index (χ0) is 24.1. The number of fused-ring (bicyclic) bond motifs is 1. The monoisotopic (exact) mass is 473 g/mol. The molecule has 0 radical (unpaired) electrons. The molecule has 1 aliphatic heterocycles. The lowest BCUT2D eigenvalue weighted by molar-refractivity contribution is -0.0550. The van der Waals surface area contributed by atoms with Crippen LogP contribution in [0.2, 0.25) is 0 Å². The molecule has 0 spiro atoms. The summed E-state index contributed by atoms with van der Waals surface area (Å²) >= 11 is 0. The molecule has 1 saturated heterocycles. The van der Waals surface area contributed by atoms with Gasteiger partial charge in [-0.3, -0.25) is 23.4 Å². The molecule has 3 heterocycles. The average Bonchev–Trinajstić information content (AvgIpc) is 3.12. The first kappa shape index (κ1) is 24.8. The summed E-state index contributed by atoms with van der Waals surface area (Å²) < 4.78 is 37.1. The van der Waals surface area contributed by atoms with Gasteiger partial charge in [-0.15, -0.1) is 0 Å². The maximum Gasteiger partial charge on any atom is 0.473 e. The fourth-order valence-electron chi connectivity index (χ4n) is 3.73. The van der Waals surface area contributed by atoms with E-state index in [9.17, 15) is 14.3 Å². The fourth-order valence-corrected chi connectivity index (χ4v) is 5.03. The molecule has 13 heteroatoms. The molecule has 0 saturated carbocycles. The van der Waals surface area contributed by atoms with Crippen molar-refractivity contribution >= 4 is 24.9 Å². The molecular formula is C19H32N5O7P. The SMILES string of the molecule is COC1C(OP(=O)(O)OC(C)(C)C)[C@@H](CC(C)(C)C)O[C@H]1n1cnc2c(=O)[nH]c(N)nc21. The Morgan fingerprint density at radius 1 is 1.28 bits per heavy atom. The molecule has 4 N–H and O–H groups in total. The Labute approximate surface area is 186 Å². The standard InChI is InChI=1S/C19H32N5O7P/c1-18(2,3)8-10-12(30-32(26,27)31-19(4,5)6)13(28-7)16(29-10)24-9-21-11-14(24)22-17(20)23-15(11)25/h9-10,12-13,16H,8H2,1-7H3,(H,26,27)(H3,20,22,23,25)/t10-,12?,13?,16-/m1/s1. The number of hydrogen-bond donors (Lipinski definition) is 3. The van der Waals surface area contributed by atoms with Crippen molar-refractivity contribution in [3.63, 3.8) is 0 Å². The van der Waals surface area contributed by atoms with Crippen molar-refractivity contribution in [2.75, 3.05) is 12.8 Å². The van der Waals surface area contributed by atoms with Crippen molar-refractivity contribution in [1.29, 1.82) is 0 Å². The van der Waals surface area contributed by atoms with Crippen molar-refractivity contribution < 1.29 is 28.0 Å². The van der Waals surface area contributed by atoms with E-state index in [1.165, 1.54) is 18.0 Å². The van der Waals surface area contributed by atoms with Crippen LogP contribution >= 0.6 is 7.82 Å². The highest BCUT2D eigenvalue weighted by Crippen LogP contribution is 2.52. The summed E-state index contributed by atoms with van der Waals surface area (Å²) in [7, 11) is -3.02. The number of ether oxygens (including phenoxy) is 2. The summed E-state index contributed by atoms with van der Waals surface area (Å²) in [6, 6.07) is 0. The van der Waals surface area contributed by atoms with Crippen LogP contribution in [0.1, 0.15) is 54.2 Å². The van der Waals surface area contributed by atoms with Gasteiger partial charge in [0.15, 0.2) is 17.4 Å². The lowest BCUT2D eigenvalue weighted by atomic mass is 9.87. The molecule has 2 aromatic rings. The second-order valence-corrected chi connectivity index (χ2v) is 11.4. The first-order chi connectivity index (χ1) is 14.6. The summed E-state index contributed by atoms with van der Waals surface area (Å²) in [5.74, 6) is -0.0753. The highest BCUT2D eigenvalue weighted by molar-refractivity contribution is 7.47. The summed E-state index contributed by atoms with van der Waals surface area (Å²) in [6.45, 7) is 11.0. The highest BCUT2D eigenvalue weighted by atomic mass is 31.2. The normalized spacial score (nSPS) is 26.5. The Morgan fingerprint density at radius 3 is 2.50 bits per heavy atom. The van der Waals surface area contributed by atoms with E-state index in [2.05, 4.69) is 15.0 Å². The number of phosphoric ester groups is 1. The molecule has 0 amide bonds. The van der Waals surface area contributed by atoms with Gasteiger partial charge >= 0.3 is 7.82 Å². The lowest BCUT2D eigenvalue weighted by Gasteiger charge is -2.30.